The van der Waals surface area contributed by atoms with Gasteiger partial charge in [0.05, 0.1) is 13.2 Å². The molecule has 7 nitrogen and oxygen atoms in total. The molecule has 0 radical (unpaired) electrons. The second-order valence-electron chi connectivity index (χ2n) is 8.09. The number of nitrogens with zero attached hydrogens (tertiary/aromatic N) is 1. The van der Waals surface area contributed by atoms with Crippen LogP contribution in [0.15, 0.2) is 48.5 Å². The zero-order chi connectivity index (χ0) is 22.4. The molecule has 0 bridgehead atoms. The molecule has 2 unspecified atom stereocenters. The van der Waals surface area contributed by atoms with Crippen molar-refractivity contribution >= 4 is 23.2 Å². The van der Waals surface area contributed by atoms with E-state index in [4.69, 9.17) is 10.5 Å². The first-order valence-corrected chi connectivity index (χ1v) is 10.7. The Morgan fingerprint density at radius 1 is 1.10 bits per heavy atom. The van der Waals surface area contributed by atoms with E-state index in [-0.39, 0.29) is 29.8 Å². The van der Waals surface area contributed by atoms with Crippen LogP contribution in [0.4, 0.5) is 11.4 Å². The first-order chi connectivity index (χ1) is 14.9. The van der Waals surface area contributed by atoms with Gasteiger partial charge >= 0.3 is 0 Å². The Labute approximate surface area is 183 Å². The number of ether oxygens (including phenoxy) is 1. The maximum Gasteiger partial charge on any atom is 0.241 e. The number of nitrogens with two attached hydrogens (primary N) is 1. The van der Waals surface area contributed by atoms with E-state index in [2.05, 4.69) is 15.5 Å². The minimum atomic E-state index is -0.367. The van der Waals surface area contributed by atoms with Crippen LogP contribution in [-0.2, 0) is 9.59 Å². The zero-order valence-corrected chi connectivity index (χ0v) is 18.4. The Hall–Kier alpha value is -3.06. The number of carbonyl (C=O) groups is 2. The van der Waals surface area contributed by atoms with E-state index in [1.165, 1.54) is 0 Å². The van der Waals surface area contributed by atoms with Gasteiger partial charge in [0.1, 0.15) is 5.75 Å². The van der Waals surface area contributed by atoms with Crippen LogP contribution < -0.4 is 26.0 Å². The summed E-state index contributed by atoms with van der Waals surface area (Å²) in [6.07, 6.45) is 1.56. The van der Waals surface area contributed by atoms with Gasteiger partial charge in [-0.3, -0.25) is 14.9 Å². The molecule has 4 N–H and O–H groups in total. The van der Waals surface area contributed by atoms with Crippen molar-refractivity contribution < 1.29 is 14.3 Å². The molecule has 1 aliphatic rings. The average Bonchev–Trinajstić information content (AvgIpc) is 2.79. The number of nitrogens with one attached hydrogen (secondary N) is 2. The number of primary amides is 1. The third-order valence-electron chi connectivity index (χ3n) is 5.88. The third-order valence-corrected chi connectivity index (χ3v) is 5.88. The minimum absolute atomic E-state index is 0.00144. The normalized spacial score (nSPS) is 16.4. The fourth-order valence-electron chi connectivity index (χ4n) is 3.89. The van der Waals surface area contributed by atoms with Gasteiger partial charge in [-0.15, -0.1) is 0 Å². The van der Waals surface area contributed by atoms with Crippen LogP contribution in [0.25, 0.3) is 0 Å². The van der Waals surface area contributed by atoms with E-state index in [0.29, 0.717) is 0 Å². The number of hydrogen-bond acceptors (Lipinski definition) is 5. The number of amides is 2. The standard InChI is InChI=1S/C24H32N4O3/c1-16(19-5-4-6-22(15-19)31-3)26-17(2)24(30)27-20-7-9-21(10-8-20)28-13-11-18(12-14-28)23(25)29/h4-10,15-18,26H,11-14H2,1-3H3,(H2,25,29)(H,27,30). The number of anilines is 2. The first kappa shape index (κ1) is 22.6. The lowest BCUT2D eigenvalue weighted by atomic mass is 9.96. The summed E-state index contributed by atoms with van der Waals surface area (Å²) in [4.78, 5) is 26.2. The van der Waals surface area contributed by atoms with E-state index < -0.39 is 0 Å². The molecule has 1 heterocycles. The van der Waals surface area contributed by atoms with Gasteiger partial charge in [-0.05, 0) is 68.7 Å². The first-order valence-electron chi connectivity index (χ1n) is 10.7. The van der Waals surface area contributed by atoms with E-state index in [1.807, 2.05) is 62.4 Å². The predicted octanol–water partition coefficient (Wildman–Crippen LogP) is 3.07. The number of hydrogen-bond donors (Lipinski definition) is 3. The van der Waals surface area contributed by atoms with Crippen molar-refractivity contribution in [3.05, 3.63) is 54.1 Å². The van der Waals surface area contributed by atoms with Crippen molar-refractivity contribution in [3.63, 3.8) is 0 Å². The highest BCUT2D eigenvalue weighted by molar-refractivity contribution is 5.94. The molecule has 2 aromatic carbocycles. The van der Waals surface area contributed by atoms with Gasteiger partial charge in [-0.25, -0.2) is 0 Å². The third kappa shape index (κ3) is 5.98. The monoisotopic (exact) mass is 424 g/mol. The zero-order valence-electron chi connectivity index (χ0n) is 18.4. The highest BCUT2D eigenvalue weighted by Crippen LogP contribution is 2.25. The van der Waals surface area contributed by atoms with Crippen LogP contribution in [-0.4, -0.2) is 38.1 Å². The van der Waals surface area contributed by atoms with Gasteiger partial charge in [0.15, 0.2) is 0 Å². The fourth-order valence-corrected chi connectivity index (χ4v) is 3.89. The molecule has 0 spiro atoms. The Morgan fingerprint density at radius 3 is 2.39 bits per heavy atom. The summed E-state index contributed by atoms with van der Waals surface area (Å²) in [5.74, 6) is 0.469. The highest BCUT2D eigenvalue weighted by atomic mass is 16.5. The second kappa shape index (κ2) is 10.3. The van der Waals surface area contributed by atoms with Crippen LogP contribution in [0.2, 0.25) is 0 Å². The lowest BCUT2D eigenvalue weighted by Gasteiger charge is -2.32. The highest BCUT2D eigenvalue weighted by Gasteiger charge is 2.23. The Balaban J connectivity index is 1.52. The Morgan fingerprint density at radius 2 is 1.77 bits per heavy atom. The molecule has 3 rings (SSSR count). The van der Waals surface area contributed by atoms with Gasteiger partial charge in [-0.1, -0.05) is 12.1 Å². The maximum absolute atomic E-state index is 12.6. The molecule has 0 saturated carbocycles. The molecular weight excluding hydrogens is 392 g/mol. The van der Waals surface area contributed by atoms with Crippen molar-refractivity contribution in [2.75, 3.05) is 30.4 Å². The van der Waals surface area contributed by atoms with Gasteiger partial charge in [0, 0.05) is 36.4 Å². The SMILES string of the molecule is COc1cccc(C(C)NC(C)C(=O)Nc2ccc(N3CCC(C(N)=O)CC3)cc2)c1. The van der Waals surface area contributed by atoms with E-state index in [9.17, 15) is 9.59 Å². The lowest BCUT2D eigenvalue weighted by molar-refractivity contribution is -0.122. The average molecular weight is 425 g/mol. The van der Waals surface area contributed by atoms with Gasteiger partial charge in [0.2, 0.25) is 11.8 Å². The van der Waals surface area contributed by atoms with Gasteiger partial charge in [-0.2, -0.15) is 0 Å². The topological polar surface area (TPSA) is 96.7 Å². The molecule has 0 aliphatic carbocycles. The summed E-state index contributed by atoms with van der Waals surface area (Å²) in [5.41, 5.74) is 8.30. The lowest BCUT2D eigenvalue weighted by Crippen LogP contribution is -2.39. The minimum Gasteiger partial charge on any atom is -0.497 e. The summed E-state index contributed by atoms with van der Waals surface area (Å²) >= 11 is 0. The molecule has 2 atom stereocenters. The molecule has 1 fully saturated rings. The van der Waals surface area contributed by atoms with Crippen LogP contribution >= 0.6 is 0 Å². The van der Waals surface area contributed by atoms with Gasteiger partial charge in [0.25, 0.3) is 0 Å². The van der Waals surface area contributed by atoms with Gasteiger partial charge < -0.3 is 20.7 Å². The fraction of sp³-hybridized carbons (Fsp3) is 0.417. The largest absolute Gasteiger partial charge is 0.497 e. The summed E-state index contributed by atoms with van der Waals surface area (Å²) in [5, 5.41) is 6.30. The molecule has 31 heavy (non-hydrogen) atoms. The molecule has 7 heteroatoms. The Kier molecular flexibility index (Phi) is 7.52. The van der Waals surface area contributed by atoms with Crippen molar-refractivity contribution in [1.29, 1.82) is 0 Å². The van der Waals surface area contributed by atoms with Crippen molar-refractivity contribution in [2.24, 2.45) is 11.7 Å². The van der Waals surface area contributed by atoms with Crippen molar-refractivity contribution in [3.8, 4) is 5.75 Å². The summed E-state index contributed by atoms with van der Waals surface area (Å²) in [6, 6.07) is 15.3. The molecule has 1 aliphatic heterocycles. The van der Waals surface area contributed by atoms with Crippen LogP contribution in [0, 0.1) is 5.92 Å². The van der Waals surface area contributed by atoms with Crippen LogP contribution in [0.1, 0.15) is 38.3 Å². The number of methoxy groups -OCH3 is 1. The van der Waals surface area contributed by atoms with Crippen molar-refractivity contribution in [2.45, 2.75) is 38.8 Å². The Bertz CT molecular complexity index is 892. The molecule has 166 valence electrons. The van der Waals surface area contributed by atoms with E-state index in [0.717, 1.165) is 48.6 Å². The second-order valence-corrected chi connectivity index (χ2v) is 8.09. The molecule has 2 amide bonds. The number of piperidine rings is 1. The molecular formula is C24H32N4O3. The quantitative estimate of drug-likeness (QED) is 0.605. The summed E-state index contributed by atoms with van der Waals surface area (Å²) < 4.78 is 5.27. The van der Waals surface area contributed by atoms with Crippen LogP contribution in [0.5, 0.6) is 5.75 Å². The van der Waals surface area contributed by atoms with E-state index in [1.54, 1.807) is 7.11 Å². The number of carbonyl (C=O) groups excluding carboxylic acids is 2. The number of benzene rings is 2. The smallest absolute Gasteiger partial charge is 0.241 e. The van der Waals surface area contributed by atoms with Crippen molar-refractivity contribution in [1.82, 2.24) is 5.32 Å². The molecule has 1 saturated heterocycles. The maximum atomic E-state index is 12.6. The molecule has 0 aromatic heterocycles. The summed E-state index contributed by atoms with van der Waals surface area (Å²) in [6.45, 7) is 5.49. The number of rotatable bonds is 8. The van der Waals surface area contributed by atoms with E-state index >= 15 is 0 Å². The molecule has 2 aromatic rings. The predicted molar refractivity (Wildman–Crippen MR) is 123 cm³/mol. The van der Waals surface area contributed by atoms with Crippen LogP contribution in [0.3, 0.4) is 0 Å². The summed E-state index contributed by atoms with van der Waals surface area (Å²) in [7, 11) is 1.64.